The minimum atomic E-state index is -4.34. The van der Waals surface area contributed by atoms with Crippen molar-refractivity contribution < 1.29 is 17.6 Å². The van der Waals surface area contributed by atoms with Crippen LogP contribution in [0.2, 0.25) is 0 Å². The second-order valence-electron chi connectivity index (χ2n) is 2.01. The van der Waals surface area contributed by atoms with Crippen LogP contribution < -0.4 is 11.5 Å². The fourth-order valence-electron chi connectivity index (χ4n) is 0.305. The van der Waals surface area contributed by atoms with Gasteiger partial charge < -0.3 is 0 Å². The standard InChI is InChI=1S/C4H8F4N2/c1-2(5)3(6,7)4(8,9)10/h2H,9-10H2,1H3. The first kappa shape index (κ1) is 9.64. The van der Waals surface area contributed by atoms with Crippen molar-refractivity contribution in [2.24, 2.45) is 11.5 Å². The van der Waals surface area contributed by atoms with Gasteiger partial charge in [-0.25, -0.2) is 8.78 Å². The van der Waals surface area contributed by atoms with Gasteiger partial charge in [-0.2, -0.15) is 8.78 Å². The van der Waals surface area contributed by atoms with E-state index in [0.717, 1.165) is 0 Å². The molecule has 0 amide bonds. The number of hydrogen-bond donors (Lipinski definition) is 2. The molecule has 0 bridgehead atoms. The maximum Gasteiger partial charge on any atom is 0.338 e. The minimum absolute atomic E-state index is 0.480. The average molecular weight is 160 g/mol. The number of halogens is 4. The van der Waals surface area contributed by atoms with Crippen LogP contribution in [0.3, 0.4) is 0 Å². The van der Waals surface area contributed by atoms with Gasteiger partial charge in [0, 0.05) is 0 Å². The van der Waals surface area contributed by atoms with Gasteiger partial charge in [-0.3, -0.25) is 11.5 Å². The molecule has 0 aromatic rings. The van der Waals surface area contributed by atoms with Crippen LogP contribution in [-0.2, 0) is 0 Å². The molecule has 0 spiro atoms. The van der Waals surface area contributed by atoms with Crippen LogP contribution in [0.1, 0.15) is 6.92 Å². The smallest absolute Gasteiger partial charge is 0.281 e. The van der Waals surface area contributed by atoms with Crippen molar-refractivity contribution in [1.82, 2.24) is 0 Å². The fourth-order valence-corrected chi connectivity index (χ4v) is 0.305. The zero-order valence-corrected chi connectivity index (χ0v) is 5.24. The van der Waals surface area contributed by atoms with E-state index in [1.165, 1.54) is 0 Å². The highest BCUT2D eigenvalue weighted by atomic mass is 19.3. The highest BCUT2D eigenvalue weighted by molar-refractivity contribution is 4.87. The molecule has 0 fully saturated rings. The summed E-state index contributed by atoms with van der Waals surface area (Å²) in [6.07, 6.45) is -2.70. The van der Waals surface area contributed by atoms with E-state index in [9.17, 15) is 17.6 Å². The molecule has 0 rings (SSSR count). The Morgan fingerprint density at radius 1 is 1.20 bits per heavy atom. The summed E-state index contributed by atoms with van der Waals surface area (Å²) in [6.45, 7) is 0.480. The molecular formula is C4H8F4N2. The van der Waals surface area contributed by atoms with Crippen LogP contribution in [0.25, 0.3) is 0 Å². The fraction of sp³-hybridized carbons (Fsp3) is 1.00. The summed E-state index contributed by atoms with van der Waals surface area (Å²) >= 11 is 0. The Hall–Kier alpha value is -0.360. The monoisotopic (exact) mass is 160 g/mol. The van der Waals surface area contributed by atoms with Crippen molar-refractivity contribution in [2.45, 2.75) is 24.9 Å². The summed E-state index contributed by atoms with van der Waals surface area (Å²) < 4.78 is 47.9. The molecule has 4 N–H and O–H groups in total. The van der Waals surface area contributed by atoms with E-state index in [4.69, 9.17) is 0 Å². The molecule has 10 heavy (non-hydrogen) atoms. The molecule has 0 saturated carbocycles. The first-order valence-electron chi connectivity index (χ1n) is 2.48. The first-order chi connectivity index (χ1) is 4.19. The van der Waals surface area contributed by atoms with Crippen molar-refractivity contribution >= 4 is 0 Å². The van der Waals surface area contributed by atoms with Crippen molar-refractivity contribution in [2.75, 3.05) is 0 Å². The molecular weight excluding hydrogens is 152 g/mol. The molecule has 0 aromatic heterocycles. The quantitative estimate of drug-likeness (QED) is 0.351. The van der Waals surface area contributed by atoms with Crippen LogP contribution >= 0.6 is 0 Å². The van der Waals surface area contributed by atoms with E-state index in [1.54, 1.807) is 0 Å². The van der Waals surface area contributed by atoms with Gasteiger partial charge in [-0.1, -0.05) is 0 Å². The predicted octanol–water partition coefficient (Wildman–Crippen LogP) is 0.520. The van der Waals surface area contributed by atoms with Crippen molar-refractivity contribution in [3.8, 4) is 0 Å². The van der Waals surface area contributed by atoms with E-state index in [-0.39, 0.29) is 0 Å². The normalized spacial score (nSPS) is 17.1. The zero-order valence-electron chi connectivity index (χ0n) is 5.24. The van der Waals surface area contributed by atoms with Gasteiger partial charge in [0.15, 0.2) is 6.17 Å². The maximum absolute atomic E-state index is 12.1. The predicted molar refractivity (Wildman–Crippen MR) is 27.7 cm³/mol. The number of alkyl halides is 4. The highest BCUT2D eigenvalue weighted by Gasteiger charge is 2.54. The van der Waals surface area contributed by atoms with Gasteiger partial charge in [-0.05, 0) is 6.92 Å². The summed E-state index contributed by atoms with van der Waals surface area (Å²) in [6, 6.07) is 0. The van der Waals surface area contributed by atoms with Crippen molar-refractivity contribution in [1.29, 1.82) is 0 Å². The summed E-state index contributed by atoms with van der Waals surface area (Å²) in [5.41, 5.74) is 8.27. The Balaban J connectivity index is 4.40. The molecule has 1 atom stereocenters. The Kier molecular flexibility index (Phi) is 2.27. The van der Waals surface area contributed by atoms with E-state index >= 15 is 0 Å². The third-order valence-electron chi connectivity index (χ3n) is 1.01. The van der Waals surface area contributed by atoms with Crippen LogP contribution in [-0.4, -0.2) is 18.0 Å². The Labute approximate surface area is 55.2 Å². The van der Waals surface area contributed by atoms with Crippen LogP contribution in [0, 0.1) is 0 Å². The van der Waals surface area contributed by atoms with E-state index in [0.29, 0.717) is 6.92 Å². The summed E-state index contributed by atoms with van der Waals surface area (Å²) in [7, 11) is 0. The first-order valence-corrected chi connectivity index (χ1v) is 2.48. The van der Waals surface area contributed by atoms with Gasteiger partial charge in [0.05, 0.1) is 0 Å². The third kappa shape index (κ3) is 1.57. The SMILES string of the molecule is CC(F)C(F)(F)C(N)(N)F. The van der Waals surface area contributed by atoms with Gasteiger partial charge in [0.2, 0.25) is 0 Å². The van der Waals surface area contributed by atoms with E-state index < -0.39 is 18.0 Å². The molecule has 0 aliphatic heterocycles. The lowest BCUT2D eigenvalue weighted by Gasteiger charge is -2.26. The molecule has 0 heterocycles. The molecule has 0 saturated heterocycles. The molecule has 0 aliphatic carbocycles. The van der Waals surface area contributed by atoms with Gasteiger partial charge in [-0.15, -0.1) is 0 Å². The lowest BCUT2D eigenvalue weighted by Crippen LogP contribution is -2.62. The van der Waals surface area contributed by atoms with Gasteiger partial charge in [0.25, 0.3) is 5.92 Å². The summed E-state index contributed by atoms with van der Waals surface area (Å²) in [5, 5.41) is 0. The molecule has 0 aliphatic rings. The molecule has 62 valence electrons. The van der Waals surface area contributed by atoms with Gasteiger partial charge >= 0.3 is 5.92 Å². The molecule has 2 nitrogen and oxygen atoms in total. The third-order valence-corrected chi connectivity index (χ3v) is 1.01. The lowest BCUT2D eigenvalue weighted by atomic mass is 10.1. The number of nitrogens with two attached hydrogens (primary N) is 2. The average Bonchev–Trinajstić information content (AvgIpc) is 1.62. The largest absolute Gasteiger partial charge is 0.338 e. The van der Waals surface area contributed by atoms with Crippen LogP contribution in [0.15, 0.2) is 0 Å². The van der Waals surface area contributed by atoms with Crippen molar-refractivity contribution in [3.63, 3.8) is 0 Å². The van der Waals surface area contributed by atoms with Crippen molar-refractivity contribution in [3.05, 3.63) is 0 Å². The Bertz CT molecular complexity index is 117. The summed E-state index contributed by atoms with van der Waals surface area (Å²) in [4.78, 5) is 0. The van der Waals surface area contributed by atoms with Crippen LogP contribution in [0.4, 0.5) is 17.6 Å². The Morgan fingerprint density at radius 3 is 1.50 bits per heavy atom. The lowest BCUT2D eigenvalue weighted by molar-refractivity contribution is -0.171. The summed E-state index contributed by atoms with van der Waals surface area (Å²) in [5.74, 6) is -8.13. The molecule has 1 unspecified atom stereocenters. The molecule has 6 heteroatoms. The Morgan fingerprint density at radius 2 is 1.50 bits per heavy atom. The topological polar surface area (TPSA) is 52.0 Å². The van der Waals surface area contributed by atoms with Gasteiger partial charge in [0.1, 0.15) is 0 Å². The van der Waals surface area contributed by atoms with Crippen LogP contribution in [0.5, 0.6) is 0 Å². The molecule has 0 radical (unpaired) electrons. The maximum atomic E-state index is 12.1. The van der Waals surface area contributed by atoms with E-state index in [1.807, 2.05) is 0 Å². The number of rotatable bonds is 2. The minimum Gasteiger partial charge on any atom is -0.281 e. The second kappa shape index (κ2) is 2.35. The van der Waals surface area contributed by atoms with E-state index in [2.05, 4.69) is 11.5 Å². The molecule has 0 aromatic carbocycles. The highest BCUT2D eigenvalue weighted by Crippen LogP contribution is 2.29. The zero-order chi connectivity index (χ0) is 8.58. The second-order valence-corrected chi connectivity index (χ2v) is 2.01. The number of hydrogen-bond acceptors (Lipinski definition) is 2.